The molecule has 0 aromatic heterocycles. The number of thioether (sulfide) groups is 1. The molecule has 0 radical (unpaired) electrons. The summed E-state index contributed by atoms with van der Waals surface area (Å²) in [5.74, 6) is -2.19. The number of fused-ring (bicyclic) bond motifs is 1. The van der Waals surface area contributed by atoms with Gasteiger partial charge in [-0.3, -0.25) is 9.79 Å². The van der Waals surface area contributed by atoms with Crippen LogP contribution in [0.3, 0.4) is 0 Å². The van der Waals surface area contributed by atoms with Gasteiger partial charge in [0.05, 0.1) is 5.54 Å². The van der Waals surface area contributed by atoms with Crippen molar-refractivity contribution in [3.05, 3.63) is 29.3 Å². The average Bonchev–Trinajstić information content (AvgIpc) is 3.05. The molecule has 3 atom stereocenters. The van der Waals surface area contributed by atoms with E-state index in [0.29, 0.717) is 6.42 Å². The lowest BCUT2D eigenvalue weighted by molar-refractivity contribution is -0.130. The number of rotatable bonds is 2. The Morgan fingerprint density at radius 2 is 2.00 bits per heavy atom. The van der Waals surface area contributed by atoms with Gasteiger partial charge in [0.2, 0.25) is 5.91 Å². The fourth-order valence-electron chi connectivity index (χ4n) is 4.22. The Morgan fingerprint density at radius 3 is 2.68 bits per heavy atom. The van der Waals surface area contributed by atoms with E-state index in [1.807, 2.05) is 4.90 Å². The van der Waals surface area contributed by atoms with E-state index in [2.05, 4.69) is 4.99 Å². The van der Waals surface area contributed by atoms with Crippen LogP contribution in [-0.4, -0.2) is 33.8 Å². The molecule has 1 saturated heterocycles. The number of halogens is 2. The number of amidine groups is 1. The first-order valence-electron chi connectivity index (χ1n) is 8.36. The van der Waals surface area contributed by atoms with Gasteiger partial charge in [-0.05, 0) is 38.3 Å². The maximum Gasteiger partial charge on any atom is 0.239 e. The molecule has 4 rings (SSSR count). The lowest BCUT2D eigenvalue weighted by atomic mass is 9.85. The van der Waals surface area contributed by atoms with E-state index in [-0.39, 0.29) is 28.2 Å². The molecule has 1 aromatic carbocycles. The number of aliphatic imine (C=N–C) groups is 1. The minimum Gasteiger partial charge on any atom is -0.399 e. The monoisotopic (exact) mass is 366 g/mol. The van der Waals surface area contributed by atoms with Crippen LogP contribution in [-0.2, 0) is 10.3 Å². The van der Waals surface area contributed by atoms with E-state index in [4.69, 9.17) is 11.5 Å². The number of hydrogen-bond donors (Lipinski definition) is 2. The number of benzene rings is 1. The number of nitrogens with zero attached hydrogens (tertiary/aromatic N) is 2. The van der Waals surface area contributed by atoms with Crippen molar-refractivity contribution in [2.24, 2.45) is 16.6 Å². The van der Waals surface area contributed by atoms with Gasteiger partial charge in [-0.1, -0.05) is 11.8 Å². The minimum absolute atomic E-state index is 0.0360. The first kappa shape index (κ1) is 16.6. The molecular weight excluding hydrogens is 346 g/mol. The van der Waals surface area contributed by atoms with Gasteiger partial charge in [0.25, 0.3) is 0 Å². The molecule has 25 heavy (non-hydrogen) atoms. The summed E-state index contributed by atoms with van der Waals surface area (Å²) in [6.45, 7) is 3.19. The van der Waals surface area contributed by atoms with Crippen molar-refractivity contribution < 1.29 is 13.6 Å². The second-order valence-electron chi connectivity index (χ2n) is 7.21. The molecule has 1 amide bonds. The molecular formula is C17H20F2N4OS. The quantitative estimate of drug-likeness (QED) is 0.786. The largest absolute Gasteiger partial charge is 0.399 e. The molecule has 0 unspecified atom stereocenters. The normalized spacial score (nSPS) is 33.8. The van der Waals surface area contributed by atoms with Gasteiger partial charge in [-0.15, -0.1) is 0 Å². The summed E-state index contributed by atoms with van der Waals surface area (Å²) in [6, 6.07) is 2.34. The third kappa shape index (κ3) is 2.33. The van der Waals surface area contributed by atoms with Gasteiger partial charge < -0.3 is 16.4 Å². The highest BCUT2D eigenvalue weighted by molar-refractivity contribution is 8.15. The lowest BCUT2D eigenvalue weighted by Gasteiger charge is -2.35. The third-order valence-electron chi connectivity index (χ3n) is 5.57. The zero-order valence-electron chi connectivity index (χ0n) is 13.9. The fourth-order valence-corrected chi connectivity index (χ4v) is 5.67. The van der Waals surface area contributed by atoms with E-state index in [1.165, 1.54) is 17.8 Å². The van der Waals surface area contributed by atoms with Crippen LogP contribution in [0.15, 0.2) is 17.1 Å². The molecule has 1 aliphatic carbocycles. The molecule has 2 fully saturated rings. The highest BCUT2D eigenvalue weighted by Crippen LogP contribution is 2.66. The zero-order valence-corrected chi connectivity index (χ0v) is 14.7. The van der Waals surface area contributed by atoms with Gasteiger partial charge in [-0.25, -0.2) is 8.78 Å². The van der Waals surface area contributed by atoms with Crippen LogP contribution in [0.1, 0.15) is 31.7 Å². The van der Waals surface area contributed by atoms with Crippen LogP contribution in [0.2, 0.25) is 0 Å². The Kier molecular flexibility index (Phi) is 3.55. The Hall–Kier alpha value is -1.83. The smallest absolute Gasteiger partial charge is 0.239 e. The zero-order chi connectivity index (χ0) is 18.0. The summed E-state index contributed by atoms with van der Waals surface area (Å²) in [7, 11) is 0. The van der Waals surface area contributed by atoms with Crippen molar-refractivity contribution in [2.75, 3.05) is 18.8 Å². The second kappa shape index (κ2) is 5.33. The Morgan fingerprint density at radius 1 is 1.32 bits per heavy atom. The summed E-state index contributed by atoms with van der Waals surface area (Å²) < 4.78 is 27.7. The number of hydrogen-bond acceptors (Lipinski definition) is 5. The van der Waals surface area contributed by atoms with Gasteiger partial charge in [0.1, 0.15) is 4.75 Å². The number of nitrogens with two attached hydrogens (primary N) is 2. The van der Waals surface area contributed by atoms with Crippen LogP contribution < -0.4 is 11.5 Å². The highest BCUT2D eigenvalue weighted by atomic mass is 32.2. The molecule has 3 aliphatic rings. The topological polar surface area (TPSA) is 84.7 Å². The number of carbonyl (C=O) groups is 1. The van der Waals surface area contributed by atoms with E-state index >= 15 is 0 Å². The molecule has 4 N–H and O–H groups in total. The van der Waals surface area contributed by atoms with Crippen LogP contribution in [0.5, 0.6) is 0 Å². The van der Waals surface area contributed by atoms with Crippen LogP contribution in [0.4, 0.5) is 14.5 Å². The molecule has 5 nitrogen and oxygen atoms in total. The van der Waals surface area contributed by atoms with Crippen molar-refractivity contribution in [1.29, 1.82) is 0 Å². The van der Waals surface area contributed by atoms with Crippen molar-refractivity contribution in [3.8, 4) is 0 Å². The molecule has 0 spiro atoms. The third-order valence-corrected chi connectivity index (χ3v) is 6.86. The first-order valence-corrected chi connectivity index (χ1v) is 9.18. The average molecular weight is 366 g/mol. The Balaban J connectivity index is 1.77. The molecule has 1 aromatic rings. The minimum atomic E-state index is -1.11. The summed E-state index contributed by atoms with van der Waals surface area (Å²) >= 11 is 1.26. The summed E-state index contributed by atoms with van der Waals surface area (Å²) in [4.78, 5) is 19.3. The number of amides is 1. The van der Waals surface area contributed by atoms with Crippen molar-refractivity contribution >= 4 is 28.5 Å². The summed E-state index contributed by atoms with van der Waals surface area (Å²) in [5.41, 5.74) is 10.8. The lowest BCUT2D eigenvalue weighted by Crippen LogP contribution is -2.45. The van der Waals surface area contributed by atoms with Crippen molar-refractivity contribution in [3.63, 3.8) is 0 Å². The molecule has 2 heterocycles. The van der Waals surface area contributed by atoms with Gasteiger partial charge in [0, 0.05) is 30.3 Å². The van der Waals surface area contributed by atoms with Crippen molar-refractivity contribution in [1.82, 2.24) is 4.90 Å². The Labute approximate surface area is 148 Å². The van der Waals surface area contributed by atoms with Gasteiger partial charge in [-0.2, -0.15) is 0 Å². The predicted octanol–water partition coefficient (Wildman–Crippen LogP) is 2.20. The Bertz CT molecular complexity index is 795. The number of nitrogen functional groups attached to an aromatic ring is 1. The van der Waals surface area contributed by atoms with E-state index in [0.717, 1.165) is 32.0 Å². The van der Waals surface area contributed by atoms with Crippen molar-refractivity contribution in [2.45, 2.75) is 36.5 Å². The van der Waals surface area contributed by atoms with Crippen LogP contribution >= 0.6 is 11.8 Å². The standard InChI is InChI=1S/C17H20F2N4OS/c1-16(10-6-9(20)7-11(18)13(10)19)12-8-17(12,25-15(21)22-16)14(24)23-4-2-3-5-23/h6-7,12H,2-5,8,20H2,1H3,(H2,21,22)/t12-,16+,17-/m0/s1. The number of likely N-dealkylation sites (tertiary alicyclic amines) is 1. The van der Waals surface area contributed by atoms with E-state index in [1.54, 1.807) is 6.92 Å². The molecule has 134 valence electrons. The SMILES string of the molecule is C[C@]1(c2cc(N)cc(F)c2F)N=C(N)S[C@@]2(C(=O)N3CCCC3)C[C@H]21. The molecule has 8 heteroatoms. The number of anilines is 1. The maximum atomic E-state index is 14.5. The molecule has 1 saturated carbocycles. The van der Waals surface area contributed by atoms with Crippen LogP contribution in [0, 0.1) is 17.6 Å². The summed E-state index contributed by atoms with van der Waals surface area (Å²) in [5, 5.41) is 0.228. The van der Waals surface area contributed by atoms with Gasteiger partial charge in [0.15, 0.2) is 16.8 Å². The predicted molar refractivity (Wildman–Crippen MR) is 94.0 cm³/mol. The first-order chi connectivity index (χ1) is 11.8. The molecule has 0 bridgehead atoms. The van der Waals surface area contributed by atoms with E-state index < -0.39 is 21.9 Å². The van der Waals surface area contributed by atoms with Crippen LogP contribution in [0.25, 0.3) is 0 Å². The second-order valence-corrected chi connectivity index (χ2v) is 8.56. The summed E-state index contributed by atoms with van der Waals surface area (Å²) in [6.07, 6.45) is 2.53. The van der Waals surface area contributed by atoms with Gasteiger partial charge >= 0.3 is 0 Å². The maximum absolute atomic E-state index is 14.5. The van der Waals surface area contributed by atoms with E-state index in [9.17, 15) is 13.6 Å². The number of carbonyl (C=O) groups excluding carboxylic acids is 1. The molecule has 2 aliphatic heterocycles. The fraction of sp³-hybridized carbons (Fsp3) is 0.529. The highest BCUT2D eigenvalue weighted by Gasteiger charge is 2.71.